The van der Waals surface area contributed by atoms with Crippen LogP contribution in [0.1, 0.15) is 18.9 Å². The molecule has 116 valence electrons. The maximum absolute atomic E-state index is 13.0. The zero-order chi connectivity index (χ0) is 15.2. The Kier molecular flexibility index (Phi) is 3.39. The first-order valence-corrected chi connectivity index (χ1v) is 6.82. The van der Waals surface area contributed by atoms with Gasteiger partial charge in [-0.2, -0.15) is 13.2 Å². The van der Waals surface area contributed by atoms with Crippen LogP contribution in [0, 0.1) is 11.8 Å². The zero-order valence-electron chi connectivity index (χ0n) is 11.5. The molecule has 2 atom stereocenters. The number of anilines is 1. The summed E-state index contributed by atoms with van der Waals surface area (Å²) >= 11 is 0. The third-order valence-electron chi connectivity index (χ3n) is 4.01. The predicted molar refractivity (Wildman–Crippen MR) is 67.5 cm³/mol. The number of carbonyl (C=O) groups excluding carboxylic acids is 1. The van der Waals surface area contributed by atoms with Gasteiger partial charge in [-0.05, 0) is 19.9 Å². The highest BCUT2D eigenvalue weighted by Crippen LogP contribution is 2.39. The summed E-state index contributed by atoms with van der Waals surface area (Å²) in [5, 5.41) is 9.99. The Morgan fingerprint density at radius 2 is 2.10 bits per heavy atom. The van der Waals surface area contributed by atoms with E-state index in [-0.39, 0.29) is 25.1 Å². The number of carbonyl (C=O) groups is 1. The molecular formula is C12H16F3N5O. The second kappa shape index (κ2) is 4.97. The van der Waals surface area contributed by atoms with Crippen LogP contribution >= 0.6 is 0 Å². The number of hydrogen-bond acceptors (Lipinski definition) is 4. The maximum atomic E-state index is 13.0. The Labute approximate surface area is 119 Å². The quantitative estimate of drug-likeness (QED) is 0.914. The third kappa shape index (κ3) is 2.87. The molecule has 9 heteroatoms. The van der Waals surface area contributed by atoms with E-state index in [0.29, 0.717) is 0 Å². The molecule has 6 nitrogen and oxygen atoms in total. The number of alkyl halides is 3. The number of hydrogen-bond donors (Lipinski definition) is 1. The Bertz CT molecular complexity index is 539. The lowest BCUT2D eigenvalue weighted by molar-refractivity contribution is -0.182. The van der Waals surface area contributed by atoms with E-state index in [1.54, 1.807) is 11.6 Å². The van der Waals surface area contributed by atoms with E-state index in [1.807, 2.05) is 0 Å². The standard InChI is InChI=1S/C12H16F3N5O/c1-19-4-8(9(5-19)12(13,14)15)10(21)17-11-18-16-6-20(11)7-2-3-7/h6-9H,2-5H2,1H3,(H,17,18,21)/t8-,9-/m1/s1. The minimum Gasteiger partial charge on any atom is -0.305 e. The molecule has 1 saturated heterocycles. The summed E-state index contributed by atoms with van der Waals surface area (Å²) in [7, 11) is 1.58. The van der Waals surface area contributed by atoms with Gasteiger partial charge in [0.15, 0.2) is 0 Å². The molecule has 2 fully saturated rings. The summed E-state index contributed by atoms with van der Waals surface area (Å²) in [5.41, 5.74) is 0. The molecule has 1 aromatic heterocycles. The van der Waals surface area contributed by atoms with Crippen molar-refractivity contribution in [1.82, 2.24) is 19.7 Å². The van der Waals surface area contributed by atoms with E-state index >= 15 is 0 Å². The number of nitrogens with one attached hydrogen (secondary N) is 1. The highest BCUT2D eigenvalue weighted by atomic mass is 19.4. The van der Waals surface area contributed by atoms with Crippen molar-refractivity contribution in [3.63, 3.8) is 0 Å². The molecule has 2 aliphatic rings. The molecule has 1 saturated carbocycles. The van der Waals surface area contributed by atoms with Crippen LogP contribution in [0.25, 0.3) is 0 Å². The lowest BCUT2D eigenvalue weighted by Crippen LogP contribution is -2.37. The minimum absolute atomic E-state index is 0.0908. The number of nitrogens with zero attached hydrogens (tertiary/aromatic N) is 4. The third-order valence-corrected chi connectivity index (χ3v) is 4.01. The van der Waals surface area contributed by atoms with Crippen LogP contribution in [0.3, 0.4) is 0 Å². The van der Waals surface area contributed by atoms with Gasteiger partial charge in [0.05, 0.1) is 11.8 Å². The Hall–Kier alpha value is -1.64. The normalized spacial score (nSPS) is 27.0. The molecule has 0 bridgehead atoms. The molecule has 0 spiro atoms. The van der Waals surface area contributed by atoms with Crippen LogP contribution in [-0.4, -0.2) is 51.9 Å². The molecule has 1 aliphatic heterocycles. The molecule has 3 rings (SSSR count). The second-order valence-corrected chi connectivity index (χ2v) is 5.76. The molecule has 21 heavy (non-hydrogen) atoms. The van der Waals surface area contributed by atoms with Gasteiger partial charge >= 0.3 is 6.18 Å². The number of amides is 1. The van der Waals surface area contributed by atoms with Crippen molar-refractivity contribution in [3.05, 3.63) is 6.33 Å². The van der Waals surface area contributed by atoms with Crippen molar-refractivity contribution < 1.29 is 18.0 Å². The molecular weight excluding hydrogens is 287 g/mol. The summed E-state index contributed by atoms with van der Waals surface area (Å²) in [6.45, 7) is -0.0650. The average molecular weight is 303 g/mol. The van der Waals surface area contributed by atoms with E-state index in [1.165, 1.54) is 11.2 Å². The van der Waals surface area contributed by atoms with Crippen molar-refractivity contribution in [2.24, 2.45) is 11.8 Å². The highest BCUT2D eigenvalue weighted by molar-refractivity contribution is 5.91. The molecule has 0 aromatic carbocycles. The fourth-order valence-electron chi connectivity index (χ4n) is 2.75. The number of rotatable bonds is 3. The first-order valence-electron chi connectivity index (χ1n) is 6.82. The van der Waals surface area contributed by atoms with Crippen LogP contribution in [-0.2, 0) is 4.79 Å². The second-order valence-electron chi connectivity index (χ2n) is 5.76. The van der Waals surface area contributed by atoms with Gasteiger partial charge in [-0.1, -0.05) is 0 Å². The summed E-state index contributed by atoms with van der Waals surface area (Å²) in [6.07, 6.45) is -0.942. The van der Waals surface area contributed by atoms with E-state index in [0.717, 1.165) is 12.8 Å². The molecule has 0 unspecified atom stereocenters. The number of aromatic nitrogens is 3. The van der Waals surface area contributed by atoms with E-state index in [9.17, 15) is 18.0 Å². The van der Waals surface area contributed by atoms with Gasteiger partial charge in [-0.15, -0.1) is 10.2 Å². The zero-order valence-corrected chi connectivity index (χ0v) is 11.5. The summed E-state index contributed by atoms with van der Waals surface area (Å²) in [6, 6.07) is 0.250. The molecule has 1 aliphatic carbocycles. The lowest BCUT2D eigenvalue weighted by atomic mass is 9.95. The highest BCUT2D eigenvalue weighted by Gasteiger charge is 2.51. The maximum Gasteiger partial charge on any atom is 0.393 e. The Morgan fingerprint density at radius 1 is 1.38 bits per heavy atom. The lowest BCUT2D eigenvalue weighted by Gasteiger charge is -2.20. The fraction of sp³-hybridized carbons (Fsp3) is 0.750. The molecule has 1 amide bonds. The predicted octanol–water partition coefficient (Wildman–Crippen LogP) is 1.29. The van der Waals surface area contributed by atoms with Crippen molar-refractivity contribution >= 4 is 11.9 Å². The average Bonchev–Trinajstić information content (AvgIpc) is 2.98. The van der Waals surface area contributed by atoms with Crippen LogP contribution in [0.5, 0.6) is 0 Å². The SMILES string of the molecule is CN1C[C@@H](C(F)(F)F)[C@H](C(=O)Nc2nncn2C2CC2)C1. The largest absolute Gasteiger partial charge is 0.393 e. The van der Waals surface area contributed by atoms with Gasteiger partial charge in [-0.3, -0.25) is 14.7 Å². The summed E-state index contributed by atoms with van der Waals surface area (Å²) in [5.74, 6) is -3.16. The van der Waals surface area contributed by atoms with Crippen molar-refractivity contribution in [3.8, 4) is 0 Å². The Morgan fingerprint density at radius 3 is 2.71 bits per heavy atom. The van der Waals surface area contributed by atoms with Crippen LogP contribution < -0.4 is 5.32 Å². The van der Waals surface area contributed by atoms with Crippen molar-refractivity contribution in [1.29, 1.82) is 0 Å². The van der Waals surface area contributed by atoms with Gasteiger partial charge in [0.25, 0.3) is 0 Å². The van der Waals surface area contributed by atoms with E-state index in [2.05, 4.69) is 15.5 Å². The molecule has 2 heterocycles. The van der Waals surface area contributed by atoms with Gasteiger partial charge in [-0.25, -0.2) is 0 Å². The minimum atomic E-state index is -4.38. The van der Waals surface area contributed by atoms with Crippen LogP contribution in [0.2, 0.25) is 0 Å². The van der Waals surface area contributed by atoms with Gasteiger partial charge in [0, 0.05) is 19.1 Å². The monoisotopic (exact) mass is 303 g/mol. The Balaban J connectivity index is 1.73. The topological polar surface area (TPSA) is 63.1 Å². The molecule has 1 N–H and O–H groups in total. The fourth-order valence-corrected chi connectivity index (χ4v) is 2.75. The van der Waals surface area contributed by atoms with Gasteiger partial charge in [0.2, 0.25) is 11.9 Å². The molecule has 1 aromatic rings. The van der Waals surface area contributed by atoms with Crippen molar-refractivity contribution in [2.75, 3.05) is 25.5 Å². The van der Waals surface area contributed by atoms with E-state index < -0.39 is 23.9 Å². The molecule has 0 radical (unpaired) electrons. The van der Waals surface area contributed by atoms with Gasteiger partial charge < -0.3 is 4.90 Å². The van der Waals surface area contributed by atoms with E-state index in [4.69, 9.17) is 0 Å². The van der Waals surface area contributed by atoms with Crippen molar-refractivity contribution in [2.45, 2.75) is 25.1 Å². The van der Waals surface area contributed by atoms with Crippen LogP contribution in [0.15, 0.2) is 6.33 Å². The number of halogens is 3. The first-order chi connectivity index (χ1) is 9.86. The van der Waals surface area contributed by atoms with Gasteiger partial charge in [0.1, 0.15) is 6.33 Å². The number of likely N-dealkylation sites (tertiary alicyclic amines) is 1. The smallest absolute Gasteiger partial charge is 0.305 e. The first kappa shape index (κ1) is 14.3. The van der Waals surface area contributed by atoms with Crippen LogP contribution in [0.4, 0.5) is 19.1 Å². The summed E-state index contributed by atoms with van der Waals surface area (Å²) < 4.78 is 40.7. The summed E-state index contributed by atoms with van der Waals surface area (Å²) in [4.78, 5) is 13.7.